The smallest absolute Gasteiger partial charge is 0.343 e. The van der Waals surface area contributed by atoms with Crippen LogP contribution in [0.15, 0.2) is 58.4 Å². The maximum atomic E-state index is 12.0. The Morgan fingerprint density at radius 3 is 1.47 bits per heavy atom. The van der Waals surface area contributed by atoms with Gasteiger partial charge in [0.15, 0.2) is 0 Å². The average Bonchev–Trinajstić information content (AvgIpc) is 2.81. The van der Waals surface area contributed by atoms with Gasteiger partial charge in [-0.3, -0.25) is 9.59 Å². The van der Waals surface area contributed by atoms with Gasteiger partial charge < -0.3 is 19.4 Å². The molecule has 0 aliphatic rings. The van der Waals surface area contributed by atoms with E-state index in [-0.39, 0.29) is 35.2 Å². The van der Waals surface area contributed by atoms with E-state index in [1.54, 1.807) is 50.2 Å². The maximum Gasteiger partial charge on any atom is 0.343 e. The molecule has 0 unspecified atom stereocenters. The first-order chi connectivity index (χ1) is 16.3. The number of rotatable bonds is 4. The van der Waals surface area contributed by atoms with Gasteiger partial charge in [-0.2, -0.15) is 0 Å². The topological polar surface area (TPSA) is 118 Å². The summed E-state index contributed by atoms with van der Waals surface area (Å²) in [5, 5.41) is 1.64. The summed E-state index contributed by atoms with van der Waals surface area (Å²) in [6.45, 7) is 3.83. The van der Waals surface area contributed by atoms with E-state index in [1.807, 2.05) is 0 Å². The first kappa shape index (κ1) is 25.0. The van der Waals surface area contributed by atoms with Crippen LogP contribution >= 0.6 is 23.2 Å². The third-order valence-corrected chi connectivity index (χ3v) is 5.35. The van der Waals surface area contributed by atoms with Gasteiger partial charge in [0.05, 0.1) is 34.3 Å². The van der Waals surface area contributed by atoms with Crippen LogP contribution in [-0.2, 0) is 9.47 Å². The van der Waals surface area contributed by atoms with Crippen LogP contribution in [-0.4, -0.2) is 35.1 Å². The van der Waals surface area contributed by atoms with Gasteiger partial charge in [0, 0.05) is 23.2 Å². The number of carbonyl (C=O) groups is 2. The number of hydrogen-bond donors (Lipinski definition) is 2. The first-order valence-electron chi connectivity index (χ1n) is 10.2. The molecule has 0 aliphatic heterocycles. The van der Waals surface area contributed by atoms with Crippen LogP contribution in [0.3, 0.4) is 0 Å². The Bertz CT molecular complexity index is 1380. The number of pyridine rings is 2. The summed E-state index contributed by atoms with van der Waals surface area (Å²) in [6, 6.07) is 9.89. The molecule has 8 nitrogen and oxygen atoms in total. The molecule has 4 rings (SSSR count). The zero-order valence-corrected chi connectivity index (χ0v) is 19.8. The number of nitrogens with one attached hydrogen (secondary N) is 2. The van der Waals surface area contributed by atoms with E-state index in [1.165, 1.54) is 12.4 Å². The minimum Gasteiger partial charge on any atom is -0.462 e. The highest BCUT2D eigenvalue weighted by Gasteiger charge is 2.15. The fourth-order valence-electron chi connectivity index (χ4n) is 3.15. The molecule has 0 saturated heterocycles. The van der Waals surface area contributed by atoms with Gasteiger partial charge in [-0.1, -0.05) is 35.3 Å². The van der Waals surface area contributed by atoms with E-state index in [0.717, 1.165) is 0 Å². The Morgan fingerprint density at radius 1 is 0.735 bits per heavy atom. The van der Waals surface area contributed by atoms with Crippen molar-refractivity contribution in [1.82, 2.24) is 9.97 Å². The SMILES string of the molecule is CCOC(=O)c1c[nH]c2c(Cl)cccc2c1=O.CCOC(=O)c1c[nH]c2c(Cl)cccc2c1=O. The minimum atomic E-state index is -0.629. The van der Waals surface area contributed by atoms with Gasteiger partial charge in [-0.05, 0) is 38.1 Å². The van der Waals surface area contributed by atoms with Crippen LogP contribution in [0.1, 0.15) is 34.6 Å². The second-order valence-electron chi connectivity index (χ2n) is 6.83. The molecule has 2 heterocycles. The highest BCUT2D eigenvalue weighted by Crippen LogP contribution is 2.19. The van der Waals surface area contributed by atoms with Crippen LogP contribution < -0.4 is 10.9 Å². The van der Waals surface area contributed by atoms with Crippen molar-refractivity contribution in [3.63, 3.8) is 0 Å². The van der Waals surface area contributed by atoms with Crippen molar-refractivity contribution in [3.05, 3.63) is 90.4 Å². The largest absolute Gasteiger partial charge is 0.462 e. The number of carbonyl (C=O) groups excluding carboxylic acids is 2. The Balaban J connectivity index is 0.000000191. The number of benzene rings is 2. The van der Waals surface area contributed by atoms with Gasteiger partial charge in [0.25, 0.3) is 0 Å². The molecule has 0 saturated carbocycles. The number of H-pyrrole nitrogens is 2. The maximum absolute atomic E-state index is 12.0. The summed E-state index contributed by atoms with van der Waals surface area (Å²) in [4.78, 5) is 52.7. The number of ether oxygens (including phenoxy) is 2. The molecule has 0 radical (unpaired) electrons. The highest BCUT2D eigenvalue weighted by molar-refractivity contribution is 6.35. The number of halogens is 2. The minimum absolute atomic E-state index is 0.0124. The molecule has 0 amide bonds. The third-order valence-electron chi connectivity index (χ3n) is 4.72. The summed E-state index contributed by atoms with van der Waals surface area (Å²) >= 11 is 11.9. The van der Waals surface area contributed by atoms with Crippen molar-refractivity contribution in [2.75, 3.05) is 13.2 Å². The zero-order chi connectivity index (χ0) is 24.8. The van der Waals surface area contributed by atoms with Crippen LogP contribution in [0, 0.1) is 0 Å². The summed E-state index contributed by atoms with van der Waals surface area (Å²) in [7, 11) is 0. The quantitative estimate of drug-likeness (QED) is 0.390. The molecule has 0 aliphatic carbocycles. The number of fused-ring (bicyclic) bond motifs is 2. The second-order valence-corrected chi connectivity index (χ2v) is 7.64. The average molecular weight is 503 g/mol. The monoisotopic (exact) mass is 502 g/mol. The predicted molar refractivity (Wildman–Crippen MR) is 131 cm³/mol. The van der Waals surface area contributed by atoms with Crippen molar-refractivity contribution in [1.29, 1.82) is 0 Å². The molecule has 2 N–H and O–H groups in total. The fourth-order valence-corrected chi connectivity index (χ4v) is 3.61. The van der Waals surface area contributed by atoms with E-state index in [9.17, 15) is 19.2 Å². The molecule has 34 heavy (non-hydrogen) atoms. The molecule has 4 aromatic rings. The first-order valence-corrected chi connectivity index (χ1v) is 11.0. The summed E-state index contributed by atoms with van der Waals surface area (Å²) in [5.41, 5.74) is 0.266. The van der Waals surface area contributed by atoms with Gasteiger partial charge in [0.2, 0.25) is 10.9 Å². The summed E-state index contributed by atoms with van der Waals surface area (Å²) < 4.78 is 9.59. The second kappa shape index (κ2) is 11.0. The van der Waals surface area contributed by atoms with E-state index >= 15 is 0 Å². The molecular formula is C24H20Cl2N2O6. The van der Waals surface area contributed by atoms with Gasteiger partial charge in [0.1, 0.15) is 11.1 Å². The summed E-state index contributed by atoms with van der Waals surface area (Å²) in [5.74, 6) is -1.26. The lowest BCUT2D eigenvalue weighted by atomic mass is 10.1. The Kier molecular flexibility index (Phi) is 8.09. The zero-order valence-electron chi connectivity index (χ0n) is 18.2. The standard InChI is InChI=1S/2C12H10ClNO3/c2*1-2-17-12(16)8-6-14-10-7(11(8)15)4-3-5-9(10)13/h2*3-6H,2H2,1H3,(H,14,15). The van der Waals surface area contributed by atoms with Crippen molar-refractivity contribution in [3.8, 4) is 0 Å². The Morgan fingerprint density at radius 2 is 1.12 bits per heavy atom. The summed E-state index contributed by atoms with van der Waals surface area (Å²) in [6.07, 6.45) is 2.66. The normalized spacial score (nSPS) is 10.5. The van der Waals surface area contributed by atoms with Crippen LogP contribution in [0.5, 0.6) is 0 Å². The number of aromatic amines is 2. The number of hydrogen-bond acceptors (Lipinski definition) is 6. The Hall–Kier alpha value is -3.62. The highest BCUT2D eigenvalue weighted by atomic mass is 35.5. The number of aromatic nitrogens is 2. The van der Waals surface area contributed by atoms with Crippen LogP contribution in [0.25, 0.3) is 21.8 Å². The van der Waals surface area contributed by atoms with Crippen molar-refractivity contribution in [2.24, 2.45) is 0 Å². The third kappa shape index (κ3) is 5.13. The van der Waals surface area contributed by atoms with Gasteiger partial charge >= 0.3 is 11.9 Å². The van der Waals surface area contributed by atoms with Crippen LogP contribution in [0.4, 0.5) is 0 Å². The molecule has 2 aromatic heterocycles. The molecule has 0 atom stereocenters. The molecule has 10 heteroatoms. The van der Waals surface area contributed by atoms with Crippen molar-refractivity contribution < 1.29 is 19.1 Å². The molecule has 0 spiro atoms. The molecular weight excluding hydrogens is 483 g/mol. The lowest BCUT2D eigenvalue weighted by molar-refractivity contribution is 0.0515. The van der Waals surface area contributed by atoms with Crippen molar-refractivity contribution >= 4 is 56.9 Å². The van der Waals surface area contributed by atoms with Crippen molar-refractivity contribution in [2.45, 2.75) is 13.8 Å². The van der Waals surface area contributed by atoms with Gasteiger partial charge in [-0.15, -0.1) is 0 Å². The lowest BCUT2D eigenvalue weighted by Gasteiger charge is -2.04. The van der Waals surface area contributed by atoms with Crippen LogP contribution in [0.2, 0.25) is 10.0 Å². The molecule has 0 fully saturated rings. The van der Waals surface area contributed by atoms with Gasteiger partial charge in [-0.25, -0.2) is 9.59 Å². The molecule has 176 valence electrons. The lowest BCUT2D eigenvalue weighted by Crippen LogP contribution is -2.18. The number of para-hydroxylation sites is 2. The van der Waals surface area contributed by atoms with E-state index in [4.69, 9.17) is 32.7 Å². The molecule has 0 bridgehead atoms. The van der Waals surface area contributed by atoms with E-state index in [2.05, 4.69) is 9.97 Å². The predicted octanol–water partition coefficient (Wildman–Crippen LogP) is 4.72. The fraction of sp³-hybridized carbons (Fsp3) is 0.167. The molecule has 2 aromatic carbocycles. The number of esters is 2. The van der Waals surface area contributed by atoms with E-state index < -0.39 is 11.9 Å². The van der Waals surface area contributed by atoms with E-state index in [0.29, 0.717) is 31.9 Å². The Labute approximate surface area is 203 Å².